The lowest BCUT2D eigenvalue weighted by atomic mass is 9.88. The summed E-state index contributed by atoms with van der Waals surface area (Å²) in [7, 11) is -2.17. The molecule has 0 unspecified atom stereocenters. The third-order valence-electron chi connectivity index (χ3n) is 7.76. The molecule has 39 heavy (non-hydrogen) atoms. The number of likely N-dealkylation sites (N-methyl/N-ethyl adjacent to an activating group) is 1. The van der Waals surface area contributed by atoms with Gasteiger partial charge in [-0.2, -0.15) is 4.31 Å². The Morgan fingerprint density at radius 1 is 1.26 bits per heavy atom. The van der Waals surface area contributed by atoms with E-state index in [0.717, 1.165) is 43.4 Å². The fraction of sp³-hybridized carbons (Fsp3) is 0.571. The Bertz CT molecular complexity index is 1240. The van der Waals surface area contributed by atoms with Crippen molar-refractivity contribution in [2.24, 2.45) is 11.8 Å². The topological polar surface area (TPSA) is 116 Å². The van der Waals surface area contributed by atoms with Crippen molar-refractivity contribution in [2.45, 2.75) is 68.7 Å². The van der Waals surface area contributed by atoms with E-state index in [1.807, 2.05) is 6.92 Å². The number of hydrogen-bond donors (Lipinski definition) is 2. The number of aliphatic hydroxyl groups is 1. The third kappa shape index (κ3) is 7.00. The van der Waals surface area contributed by atoms with Crippen molar-refractivity contribution in [3.05, 3.63) is 41.3 Å². The third-order valence-corrected chi connectivity index (χ3v) is 11.0. The molecule has 11 heteroatoms. The summed E-state index contributed by atoms with van der Waals surface area (Å²) in [6.45, 7) is 3.90. The van der Waals surface area contributed by atoms with Crippen LogP contribution in [0.25, 0.3) is 0 Å². The molecule has 2 aromatic rings. The molecular formula is C28H39N3O6S2. The number of thiophene rings is 1. The van der Waals surface area contributed by atoms with Gasteiger partial charge in [0, 0.05) is 36.7 Å². The molecule has 2 N–H and O–H groups in total. The molecule has 0 spiro atoms. The Balaban J connectivity index is 1.62. The summed E-state index contributed by atoms with van der Waals surface area (Å²) in [4.78, 5) is 27.9. The molecule has 1 aromatic heterocycles. The molecule has 0 bridgehead atoms. The summed E-state index contributed by atoms with van der Waals surface area (Å²) < 4.78 is 34.3. The molecule has 1 saturated carbocycles. The minimum atomic E-state index is -3.70. The Morgan fingerprint density at radius 2 is 2.00 bits per heavy atom. The monoisotopic (exact) mass is 577 g/mol. The van der Waals surface area contributed by atoms with Crippen molar-refractivity contribution in [2.75, 3.05) is 32.1 Å². The van der Waals surface area contributed by atoms with Crippen LogP contribution in [0.3, 0.4) is 0 Å². The standard InChI is InChI=1S/C28H39N3O6S2/c1-19-16-31(20(2)18-32)26(33)15-22-14-23(29-28(34)21-8-5-4-6-9-21)11-12-24(22)37-25(19)17-30(3)39(35,36)27-10-7-13-38-27/h7,10-14,19-21,25,32H,4-6,8-9,15-18H2,1-3H3,(H,29,34)/t19-,20+,25-/m1/s1. The zero-order valence-corrected chi connectivity index (χ0v) is 24.5. The maximum Gasteiger partial charge on any atom is 0.252 e. The molecule has 0 radical (unpaired) electrons. The van der Waals surface area contributed by atoms with E-state index in [4.69, 9.17) is 4.74 Å². The van der Waals surface area contributed by atoms with Crippen LogP contribution in [-0.2, 0) is 26.0 Å². The maximum atomic E-state index is 13.4. The first-order chi connectivity index (χ1) is 18.6. The highest BCUT2D eigenvalue weighted by Gasteiger charge is 2.34. The molecular weight excluding hydrogens is 538 g/mol. The number of carbonyl (C=O) groups is 2. The number of nitrogens with one attached hydrogen (secondary N) is 1. The van der Waals surface area contributed by atoms with E-state index in [0.29, 0.717) is 23.5 Å². The molecule has 1 aromatic carbocycles. The van der Waals surface area contributed by atoms with E-state index in [-0.39, 0.29) is 47.4 Å². The normalized spacial score (nSPS) is 21.9. The second kappa shape index (κ2) is 12.8. The van der Waals surface area contributed by atoms with Gasteiger partial charge in [0.15, 0.2) is 0 Å². The van der Waals surface area contributed by atoms with Crippen LogP contribution >= 0.6 is 11.3 Å². The van der Waals surface area contributed by atoms with Gasteiger partial charge in [-0.1, -0.05) is 32.3 Å². The summed E-state index contributed by atoms with van der Waals surface area (Å²) in [6, 6.07) is 8.15. The fourth-order valence-corrected chi connectivity index (χ4v) is 7.63. The zero-order valence-electron chi connectivity index (χ0n) is 22.8. The van der Waals surface area contributed by atoms with Crippen molar-refractivity contribution < 1.29 is 27.9 Å². The maximum absolute atomic E-state index is 13.4. The van der Waals surface area contributed by atoms with Gasteiger partial charge >= 0.3 is 0 Å². The molecule has 9 nitrogen and oxygen atoms in total. The lowest BCUT2D eigenvalue weighted by Crippen LogP contribution is -2.48. The van der Waals surface area contributed by atoms with Gasteiger partial charge in [0.1, 0.15) is 16.1 Å². The van der Waals surface area contributed by atoms with Gasteiger partial charge in [-0.05, 0) is 49.4 Å². The van der Waals surface area contributed by atoms with Gasteiger partial charge in [0.05, 0.1) is 25.6 Å². The van der Waals surface area contributed by atoms with Crippen molar-refractivity contribution >= 4 is 38.9 Å². The number of nitrogens with zero attached hydrogens (tertiary/aromatic N) is 2. The summed E-state index contributed by atoms with van der Waals surface area (Å²) in [5.41, 5.74) is 1.21. The molecule has 2 aliphatic rings. The SMILES string of the molecule is C[C@@H]1CN([C@@H](C)CO)C(=O)Cc2cc(NC(=O)C3CCCCC3)ccc2O[C@@H]1CN(C)S(=O)(=O)c1cccs1. The predicted octanol–water partition coefficient (Wildman–Crippen LogP) is 3.74. The highest BCUT2D eigenvalue weighted by Crippen LogP contribution is 2.31. The Kier molecular flexibility index (Phi) is 9.69. The van der Waals surface area contributed by atoms with Gasteiger partial charge in [0.2, 0.25) is 11.8 Å². The number of fused-ring (bicyclic) bond motifs is 1. The Hall–Kier alpha value is -2.47. The molecule has 1 fully saturated rings. The van der Waals surface area contributed by atoms with Gasteiger partial charge in [0.25, 0.3) is 10.0 Å². The predicted molar refractivity (Wildman–Crippen MR) is 151 cm³/mol. The first-order valence-corrected chi connectivity index (χ1v) is 15.9. The smallest absolute Gasteiger partial charge is 0.252 e. The molecule has 3 atom stereocenters. The number of amides is 2. The van der Waals surface area contributed by atoms with E-state index in [1.54, 1.807) is 47.5 Å². The molecule has 1 aliphatic heterocycles. The minimum absolute atomic E-state index is 0.00574. The molecule has 0 saturated heterocycles. The van der Waals surface area contributed by atoms with Gasteiger partial charge in [-0.25, -0.2) is 8.42 Å². The van der Waals surface area contributed by atoms with Crippen LogP contribution in [0.5, 0.6) is 5.75 Å². The molecule has 4 rings (SSSR count). The Labute approximate surface area is 235 Å². The number of aliphatic hydroxyl groups excluding tert-OH is 1. The van der Waals surface area contributed by atoms with E-state index < -0.39 is 22.2 Å². The van der Waals surface area contributed by atoms with Gasteiger partial charge in [-0.15, -0.1) is 11.3 Å². The van der Waals surface area contributed by atoms with Gasteiger partial charge < -0.3 is 20.1 Å². The van der Waals surface area contributed by atoms with E-state index in [1.165, 1.54) is 11.4 Å². The van der Waals surface area contributed by atoms with Crippen LogP contribution in [0.4, 0.5) is 5.69 Å². The highest BCUT2D eigenvalue weighted by molar-refractivity contribution is 7.91. The number of sulfonamides is 1. The summed E-state index contributed by atoms with van der Waals surface area (Å²) >= 11 is 1.16. The van der Waals surface area contributed by atoms with Crippen molar-refractivity contribution in [3.63, 3.8) is 0 Å². The van der Waals surface area contributed by atoms with E-state index >= 15 is 0 Å². The van der Waals surface area contributed by atoms with Crippen LogP contribution < -0.4 is 10.1 Å². The highest BCUT2D eigenvalue weighted by atomic mass is 32.2. The number of benzene rings is 1. The average molecular weight is 578 g/mol. The quantitative estimate of drug-likeness (QED) is 0.494. The second-order valence-electron chi connectivity index (χ2n) is 10.8. The van der Waals surface area contributed by atoms with Crippen molar-refractivity contribution in [1.82, 2.24) is 9.21 Å². The number of rotatable bonds is 8. The zero-order chi connectivity index (χ0) is 28.2. The van der Waals surface area contributed by atoms with Crippen LogP contribution in [0.2, 0.25) is 0 Å². The molecule has 2 heterocycles. The first-order valence-electron chi connectivity index (χ1n) is 13.6. The summed E-state index contributed by atoms with van der Waals surface area (Å²) in [5, 5.41) is 14.6. The number of ether oxygens (including phenoxy) is 1. The lowest BCUT2D eigenvalue weighted by Gasteiger charge is -2.33. The van der Waals surface area contributed by atoms with Crippen LogP contribution in [0.1, 0.15) is 51.5 Å². The molecule has 1 aliphatic carbocycles. The van der Waals surface area contributed by atoms with Gasteiger partial charge in [-0.3, -0.25) is 9.59 Å². The second-order valence-corrected chi connectivity index (χ2v) is 14.0. The fourth-order valence-electron chi connectivity index (χ4n) is 5.25. The summed E-state index contributed by atoms with van der Waals surface area (Å²) in [5.74, 6) is 0.0715. The van der Waals surface area contributed by atoms with Crippen LogP contribution in [0, 0.1) is 11.8 Å². The van der Waals surface area contributed by atoms with Crippen LogP contribution in [0.15, 0.2) is 39.9 Å². The molecule has 2 amide bonds. The Morgan fingerprint density at radius 3 is 2.67 bits per heavy atom. The number of hydrogen-bond acceptors (Lipinski definition) is 7. The summed E-state index contributed by atoms with van der Waals surface area (Å²) in [6.07, 6.45) is 4.51. The lowest BCUT2D eigenvalue weighted by molar-refractivity contribution is -0.134. The van der Waals surface area contributed by atoms with Crippen molar-refractivity contribution in [3.8, 4) is 5.75 Å². The number of carbonyl (C=O) groups excluding carboxylic acids is 2. The number of anilines is 1. The first kappa shape index (κ1) is 29.5. The molecule has 214 valence electrons. The largest absolute Gasteiger partial charge is 0.488 e. The van der Waals surface area contributed by atoms with E-state index in [2.05, 4.69) is 5.32 Å². The van der Waals surface area contributed by atoms with Crippen LogP contribution in [-0.4, -0.2) is 73.4 Å². The van der Waals surface area contributed by atoms with E-state index in [9.17, 15) is 23.1 Å². The minimum Gasteiger partial charge on any atom is -0.488 e. The average Bonchev–Trinajstić information content (AvgIpc) is 3.49. The van der Waals surface area contributed by atoms with Crippen molar-refractivity contribution in [1.29, 1.82) is 0 Å².